The summed E-state index contributed by atoms with van der Waals surface area (Å²) in [6.07, 6.45) is 0.0435. The SMILES string of the molecule is COc1ccc(N2CC3=C(CCOc4cc(N5CC(CNC(C)=O)OC5=O)ccc43)S2)cc1. The van der Waals surface area contributed by atoms with Crippen LogP contribution in [0, 0.1) is 0 Å². The molecule has 172 valence electrons. The Hall–Kier alpha value is -3.33. The Morgan fingerprint density at radius 1 is 1.21 bits per heavy atom. The van der Waals surface area contributed by atoms with Crippen LogP contribution in [0.1, 0.15) is 18.9 Å². The summed E-state index contributed by atoms with van der Waals surface area (Å²) >= 11 is 1.75. The number of amides is 2. The molecule has 8 nitrogen and oxygen atoms in total. The Labute approximate surface area is 196 Å². The molecule has 0 aliphatic carbocycles. The molecule has 3 heterocycles. The van der Waals surface area contributed by atoms with Crippen LogP contribution in [-0.4, -0.2) is 51.5 Å². The van der Waals surface area contributed by atoms with E-state index >= 15 is 0 Å². The largest absolute Gasteiger partial charge is 0.497 e. The predicted octanol–water partition coefficient (Wildman–Crippen LogP) is 3.82. The molecule has 1 atom stereocenters. The van der Waals surface area contributed by atoms with Crippen LogP contribution in [0.25, 0.3) is 5.57 Å². The molecule has 1 N–H and O–H groups in total. The number of rotatable bonds is 5. The first kappa shape index (κ1) is 21.5. The summed E-state index contributed by atoms with van der Waals surface area (Å²) in [5.41, 5.74) is 4.16. The van der Waals surface area contributed by atoms with E-state index in [0.29, 0.717) is 19.7 Å². The highest BCUT2D eigenvalue weighted by Gasteiger charge is 2.34. The van der Waals surface area contributed by atoms with E-state index in [1.807, 2.05) is 30.3 Å². The molecule has 1 saturated heterocycles. The van der Waals surface area contributed by atoms with Crippen LogP contribution in [0.5, 0.6) is 11.5 Å². The van der Waals surface area contributed by atoms with Crippen LogP contribution < -0.4 is 24.0 Å². The second kappa shape index (κ2) is 8.90. The maximum absolute atomic E-state index is 12.4. The number of hydrogen-bond donors (Lipinski definition) is 1. The molecule has 0 aromatic heterocycles. The Bertz CT molecular complexity index is 1120. The molecule has 1 fully saturated rings. The molecule has 2 amide bonds. The van der Waals surface area contributed by atoms with Crippen molar-refractivity contribution in [3.8, 4) is 11.5 Å². The maximum Gasteiger partial charge on any atom is 0.414 e. The molecule has 0 radical (unpaired) electrons. The standard InChI is InChI=1S/C24H25N3O5S/c1-15(28)25-12-19-13-26(24(29)32-19)17-5-8-20-21-14-27(16-3-6-18(30-2)7-4-16)33-23(21)9-10-31-22(20)11-17/h3-8,11,19H,9-10,12-14H2,1-2H3,(H,25,28). The summed E-state index contributed by atoms with van der Waals surface area (Å²) in [6.45, 7) is 3.47. The lowest BCUT2D eigenvalue weighted by Crippen LogP contribution is -2.33. The zero-order chi connectivity index (χ0) is 22.9. The van der Waals surface area contributed by atoms with Crippen molar-refractivity contribution < 1.29 is 23.8 Å². The second-order valence-corrected chi connectivity index (χ2v) is 9.18. The number of ether oxygens (including phenoxy) is 3. The average molecular weight is 468 g/mol. The van der Waals surface area contributed by atoms with Gasteiger partial charge in [0.1, 0.15) is 17.6 Å². The lowest BCUT2D eigenvalue weighted by molar-refractivity contribution is -0.119. The summed E-state index contributed by atoms with van der Waals surface area (Å²) in [5, 5.41) is 2.70. The molecular formula is C24H25N3O5S. The van der Waals surface area contributed by atoms with E-state index in [4.69, 9.17) is 14.2 Å². The number of carbonyl (C=O) groups excluding carboxylic acids is 2. The first-order chi connectivity index (χ1) is 16.0. The number of anilines is 2. The lowest BCUT2D eigenvalue weighted by atomic mass is 10.0. The monoisotopic (exact) mass is 467 g/mol. The van der Waals surface area contributed by atoms with Gasteiger partial charge in [-0.2, -0.15) is 0 Å². The van der Waals surface area contributed by atoms with Crippen molar-refractivity contribution in [1.29, 1.82) is 0 Å². The molecule has 3 aliphatic rings. The Morgan fingerprint density at radius 3 is 2.76 bits per heavy atom. The molecule has 0 saturated carbocycles. The van der Waals surface area contributed by atoms with Gasteiger partial charge in [-0.3, -0.25) is 9.69 Å². The van der Waals surface area contributed by atoms with Crippen LogP contribution in [0.3, 0.4) is 0 Å². The number of nitrogens with one attached hydrogen (secondary N) is 1. The van der Waals surface area contributed by atoms with Crippen molar-refractivity contribution in [2.45, 2.75) is 19.4 Å². The maximum atomic E-state index is 12.4. The summed E-state index contributed by atoms with van der Waals surface area (Å²) < 4.78 is 19.0. The van der Waals surface area contributed by atoms with Crippen LogP contribution in [0.2, 0.25) is 0 Å². The average Bonchev–Trinajstić information content (AvgIpc) is 3.37. The van der Waals surface area contributed by atoms with E-state index in [1.165, 1.54) is 17.4 Å². The zero-order valence-corrected chi connectivity index (χ0v) is 19.3. The fourth-order valence-corrected chi connectivity index (χ4v) is 5.32. The van der Waals surface area contributed by atoms with Crippen molar-refractivity contribution in [3.05, 3.63) is 52.9 Å². The van der Waals surface area contributed by atoms with Crippen molar-refractivity contribution >= 4 is 40.9 Å². The third-order valence-electron chi connectivity index (χ3n) is 5.86. The molecular weight excluding hydrogens is 442 g/mol. The minimum absolute atomic E-state index is 0.148. The number of fused-ring (bicyclic) bond motifs is 2. The number of benzene rings is 2. The molecule has 2 aromatic carbocycles. The molecule has 0 bridgehead atoms. The minimum atomic E-state index is -0.416. The quantitative estimate of drug-likeness (QED) is 0.670. The fraction of sp³-hybridized carbons (Fsp3) is 0.333. The molecule has 3 aliphatic heterocycles. The van der Waals surface area contributed by atoms with Gasteiger partial charge in [-0.25, -0.2) is 4.79 Å². The molecule has 1 unspecified atom stereocenters. The third kappa shape index (κ3) is 4.32. The van der Waals surface area contributed by atoms with Crippen LogP contribution in [-0.2, 0) is 9.53 Å². The van der Waals surface area contributed by atoms with E-state index in [2.05, 4.69) is 21.8 Å². The summed E-state index contributed by atoms with van der Waals surface area (Å²) in [5.74, 6) is 1.46. The summed E-state index contributed by atoms with van der Waals surface area (Å²) in [4.78, 5) is 26.5. The van der Waals surface area contributed by atoms with Gasteiger partial charge >= 0.3 is 6.09 Å². The van der Waals surface area contributed by atoms with Gasteiger partial charge in [0, 0.05) is 35.6 Å². The number of hydrogen-bond acceptors (Lipinski definition) is 7. The number of carbonyl (C=O) groups is 2. The first-order valence-electron chi connectivity index (χ1n) is 10.8. The Morgan fingerprint density at radius 2 is 2.00 bits per heavy atom. The van der Waals surface area contributed by atoms with Gasteiger partial charge in [-0.1, -0.05) is 0 Å². The number of nitrogens with zero attached hydrogens (tertiary/aromatic N) is 2. The van der Waals surface area contributed by atoms with Crippen molar-refractivity contribution in [2.75, 3.05) is 42.6 Å². The smallest absolute Gasteiger partial charge is 0.414 e. The molecule has 33 heavy (non-hydrogen) atoms. The molecule has 0 spiro atoms. The van der Waals surface area contributed by atoms with Crippen molar-refractivity contribution in [2.24, 2.45) is 0 Å². The highest BCUT2D eigenvalue weighted by molar-refractivity contribution is 8.04. The number of methoxy groups -OCH3 is 1. The van der Waals surface area contributed by atoms with Gasteiger partial charge in [0.25, 0.3) is 0 Å². The highest BCUT2D eigenvalue weighted by Crippen LogP contribution is 2.47. The van der Waals surface area contributed by atoms with E-state index in [9.17, 15) is 9.59 Å². The second-order valence-electron chi connectivity index (χ2n) is 8.06. The van der Waals surface area contributed by atoms with E-state index < -0.39 is 6.09 Å². The van der Waals surface area contributed by atoms with Crippen LogP contribution in [0.15, 0.2) is 47.4 Å². The fourth-order valence-electron chi connectivity index (χ4n) is 4.17. The zero-order valence-electron chi connectivity index (χ0n) is 18.5. The lowest BCUT2D eigenvalue weighted by Gasteiger charge is -2.20. The summed E-state index contributed by atoms with van der Waals surface area (Å²) in [6, 6.07) is 13.9. The van der Waals surface area contributed by atoms with Gasteiger partial charge in [-0.05, 0) is 53.9 Å². The molecule has 5 rings (SSSR count). The topological polar surface area (TPSA) is 80.3 Å². The minimum Gasteiger partial charge on any atom is -0.497 e. The van der Waals surface area contributed by atoms with Gasteiger partial charge < -0.3 is 23.8 Å². The highest BCUT2D eigenvalue weighted by atomic mass is 32.2. The van der Waals surface area contributed by atoms with E-state index in [0.717, 1.165) is 41.4 Å². The van der Waals surface area contributed by atoms with Crippen molar-refractivity contribution in [1.82, 2.24) is 5.32 Å². The van der Waals surface area contributed by atoms with Crippen LogP contribution in [0.4, 0.5) is 16.2 Å². The van der Waals surface area contributed by atoms with Crippen LogP contribution >= 0.6 is 11.9 Å². The normalized spacial score (nSPS) is 19.5. The number of cyclic esters (lactones) is 1. The molecule has 2 aromatic rings. The van der Waals surface area contributed by atoms with Gasteiger partial charge in [0.2, 0.25) is 5.91 Å². The van der Waals surface area contributed by atoms with Crippen molar-refractivity contribution in [3.63, 3.8) is 0 Å². The molecule has 9 heteroatoms. The van der Waals surface area contributed by atoms with Gasteiger partial charge in [0.05, 0.1) is 39.0 Å². The summed E-state index contributed by atoms with van der Waals surface area (Å²) in [7, 11) is 1.67. The van der Waals surface area contributed by atoms with E-state index in [-0.39, 0.29) is 12.0 Å². The Balaban J connectivity index is 1.34. The van der Waals surface area contributed by atoms with Gasteiger partial charge in [-0.15, -0.1) is 0 Å². The third-order valence-corrected chi connectivity index (χ3v) is 7.09. The Kier molecular flexibility index (Phi) is 5.80. The van der Waals surface area contributed by atoms with Gasteiger partial charge in [0.15, 0.2) is 0 Å². The first-order valence-corrected chi connectivity index (χ1v) is 11.6. The predicted molar refractivity (Wildman–Crippen MR) is 128 cm³/mol. The van der Waals surface area contributed by atoms with E-state index in [1.54, 1.807) is 24.0 Å².